The molecule has 0 saturated carbocycles. The minimum atomic E-state index is 0.181. The van der Waals surface area contributed by atoms with E-state index in [2.05, 4.69) is 13.0 Å². The van der Waals surface area contributed by atoms with Crippen LogP contribution in [0.5, 0.6) is 0 Å². The Morgan fingerprint density at radius 1 is 1.08 bits per heavy atom. The number of nitrogens with zero attached hydrogens (tertiary/aromatic N) is 2. The van der Waals surface area contributed by atoms with Gasteiger partial charge in [-0.1, -0.05) is 42.8 Å². The van der Waals surface area contributed by atoms with Crippen LogP contribution in [0.4, 0.5) is 0 Å². The normalized spacial score (nSPS) is 10.3. The molecule has 25 heavy (non-hydrogen) atoms. The van der Waals surface area contributed by atoms with Crippen LogP contribution in [0.15, 0.2) is 48.5 Å². The first-order valence-corrected chi connectivity index (χ1v) is 9.01. The molecule has 0 aromatic heterocycles. The van der Waals surface area contributed by atoms with Gasteiger partial charge in [0.1, 0.15) is 0 Å². The summed E-state index contributed by atoms with van der Waals surface area (Å²) < 4.78 is 0. The van der Waals surface area contributed by atoms with Crippen molar-refractivity contribution in [1.82, 2.24) is 4.90 Å². The Morgan fingerprint density at radius 3 is 2.32 bits per heavy atom. The van der Waals surface area contributed by atoms with E-state index in [0.29, 0.717) is 18.5 Å². The summed E-state index contributed by atoms with van der Waals surface area (Å²) in [4.78, 5) is 14.5. The second kappa shape index (κ2) is 9.86. The van der Waals surface area contributed by atoms with Gasteiger partial charge in [0.25, 0.3) is 0 Å². The number of carbonyl (C=O) groups excluding carboxylic acids is 1. The van der Waals surface area contributed by atoms with Gasteiger partial charge in [-0.05, 0) is 54.7 Å². The molecule has 0 radical (unpaired) electrons. The molecule has 130 valence electrons. The maximum absolute atomic E-state index is 12.6. The van der Waals surface area contributed by atoms with Crippen LogP contribution in [0.1, 0.15) is 42.9 Å². The van der Waals surface area contributed by atoms with Crippen LogP contribution in [-0.4, -0.2) is 17.4 Å². The van der Waals surface area contributed by atoms with E-state index >= 15 is 0 Å². The molecule has 0 atom stereocenters. The number of rotatable bonds is 8. The van der Waals surface area contributed by atoms with Crippen molar-refractivity contribution in [1.29, 1.82) is 5.26 Å². The van der Waals surface area contributed by atoms with Gasteiger partial charge in [-0.3, -0.25) is 4.79 Å². The molecule has 3 nitrogen and oxygen atoms in total. The summed E-state index contributed by atoms with van der Waals surface area (Å²) in [6, 6.07) is 17.3. The Hall–Kier alpha value is -2.31. The fourth-order valence-corrected chi connectivity index (χ4v) is 2.85. The molecule has 2 aromatic carbocycles. The topological polar surface area (TPSA) is 44.1 Å². The van der Waals surface area contributed by atoms with Crippen LogP contribution in [0.25, 0.3) is 0 Å². The second-order valence-electron chi connectivity index (χ2n) is 6.10. The van der Waals surface area contributed by atoms with E-state index < -0.39 is 0 Å². The van der Waals surface area contributed by atoms with Crippen molar-refractivity contribution in [2.24, 2.45) is 0 Å². The van der Waals surface area contributed by atoms with Crippen LogP contribution in [0, 0.1) is 11.3 Å². The molecule has 0 aliphatic rings. The van der Waals surface area contributed by atoms with Crippen molar-refractivity contribution in [2.75, 3.05) is 6.54 Å². The number of amides is 1. The largest absolute Gasteiger partial charge is 0.338 e. The zero-order valence-electron chi connectivity index (χ0n) is 14.5. The van der Waals surface area contributed by atoms with Gasteiger partial charge >= 0.3 is 0 Å². The first-order valence-electron chi connectivity index (χ1n) is 8.63. The number of hydrogen-bond acceptors (Lipinski definition) is 2. The van der Waals surface area contributed by atoms with Crippen LogP contribution in [0.3, 0.4) is 0 Å². The Kier molecular flexibility index (Phi) is 7.50. The lowest BCUT2D eigenvalue weighted by Crippen LogP contribution is -2.31. The Morgan fingerprint density at radius 2 is 1.72 bits per heavy atom. The number of halogens is 1. The summed E-state index contributed by atoms with van der Waals surface area (Å²) in [5, 5.41) is 9.60. The fourth-order valence-electron chi connectivity index (χ4n) is 2.72. The molecular weight excluding hydrogens is 332 g/mol. The highest BCUT2D eigenvalue weighted by atomic mass is 35.5. The van der Waals surface area contributed by atoms with Gasteiger partial charge in [0, 0.05) is 24.5 Å². The van der Waals surface area contributed by atoms with Gasteiger partial charge in [-0.15, -0.1) is 0 Å². The summed E-state index contributed by atoms with van der Waals surface area (Å²) in [6.07, 6.45) is 3.17. The number of hydrogen-bond donors (Lipinski definition) is 0. The van der Waals surface area contributed by atoms with Gasteiger partial charge in [-0.25, -0.2) is 0 Å². The third kappa shape index (κ3) is 6.25. The zero-order valence-corrected chi connectivity index (χ0v) is 15.3. The quantitative estimate of drug-likeness (QED) is 0.671. The molecular formula is C21H23ClN2O. The van der Waals surface area contributed by atoms with E-state index in [4.69, 9.17) is 16.9 Å². The van der Waals surface area contributed by atoms with Crippen LogP contribution >= 0.6 is 11.6 Å². The van der Waals surface area contributed by atoms with Gasteiger partial charge in [0.05, 0.1) is 11.6 Å². The molecule has 0 bridgehead atoms. The molecule has 0 fully saturated rings. The summed E-state index contributed by atoms with van der Waals surface area (Å²) >= 11 is 5.89. The third-order valence-corrected chi connectivity index (χ3v) is 4.32. The Labute approximate surface area is 154 Å². The predicted octanol–water partition coefficient (Wildman–Crippen LogP) is 4.97. The average Bonchev–Trinajstić information content (AvgIpc) is 2.63. The van der Waals surface area contributed by atoms with E-state index in [1.807, 2.05) is 41.3 Å². The summed E-state index contributed by atoms with van der Waals surface area (Å²) in [5.41, 5.74) is 2.89. The number of benzene rings is 2. The minimum Gasteiger partial charge on any atom is -0.338 e. The van der Waals surface area contributed by atoms with Crippen molar-refractivity contribution in [2.45, 2.75) is 39.2 Å². The number of carbonyl (C=O) groups is 1. The van der Waals surface area contributed by atoms with Crippen molar-refractivity contribution in [3.63, 3.8) is 0 Å². The first kappa shape index (κ1) is 19.0. The smallest absolute Gasteiger partial charge is 0.222 e. The first-order chi connectivity index (χ1) is 12.1. The minimum absolute atomic E-state index is 0.181. The van der Waals surface area contributed by atoms with Gasteiger partial charge in [-0.2, -0.15) is 5.26 Å². The van der Waals surface area contributed by atoms with E-state index in [1.54, 1.807) is 12.1 Å². The molecule has 0 aliphatic carbocycles. The summed E-state index contributed by atoms with van der Waals surface area (Å²) in [5.74, 6) is 0.181. The molecule has 0 spiro atoms. The van der Waals surface area contributed by atoms with Crippen LogP contribution in [0.2, 0.25) is 5.02 Å². The lowest BCUT2D eigenvalue weighted by atomic mass is 10.1. The Balaban J connectivity index is 1.88. The van der Waals surface area contributed by atoms with E-state index in [-0.39, 0.29) is 5.91 Å². The van der Waals surface area contributed by atoms with Gasteiger partial charge < -0.3 is 4.90 Å². The fraction of sp³-hybridized carbons (Fsp3) is 0.333. The highest BCUT2D eigenvalue weighted by molar-refractivity contribution is 6.30. The standard InChI is InChI=1S/C21H23ClN2O/c1-2-14-24(16-19-8-6-18(15-23)7-9-19)21(25)5-3-4-17-10-12-20(22)13-11-17/h6-13H,2-5,14,16H2,1H3. The zero-order chi connectivity index (χ0) is 18.1. The summed E-state index contributed by atoms with van der Waals surface area (Å²) in [7, 11) is 0. The van der Waals surface area contributed by atoms with Crippen molar-refractivity contribution in [3.05, 3.63) is 70.2 Å². The maximum Gasteiger partial charge on any atom is 0.222 e. The van der Waals surface area contributed by atoms with E-state index in [0.717, 1.165) is 36.4 Å². The molecule has 4 heteroatoms. The predicted molar refractivity (Wildman–Crippen MR) is 101 cm³/mol. The third-order valence-electron chi connectivity index (χ3n) is 4.07. The molecule has 0 unspecified atom stereocenters. The number of nitriles is 1. The average molecular weight is 355 g/mol. The van der Waals surface area contributed by atoms with Crippen molar-refractivity contribution in [3.8, 4) is 6.07 Å². The van der Waals surface area contributed by atoms with Gasteiger partial charge in [0.15, 0.2) is 0 Å². The molecule has 1 amide bonds. The highest BCUT2D eigenvalue weighted by Gasteiger charge is 2.13. The Bertz CT molecular complexity index is 717. The molecule has 2 aromatic rings. The van der Waals surface area contributed by atoms with Crippen molar-refractivity contribution >= 4 is 17.5 Å². The highest BCUT2D eigenvalue weighted by Crippen LogP contribution is 2.13. The second-order valence-corrected chi connectivity index (χ2v) is 6.54. The van der Waals surface area contributed by atoms with E-state index in [1.165, 1.54) is 5.56 Å². The van der Waals surface area contributed by atoms with Crippen molar-refractivity contribution < 1.29 is 4.79 Å². The molecule has 0 saturated heterocycles. The lowest BCUT2D eigenvalue weighted by molar-refractivity contribution is -0.132. The lowest BCUT2D eigenvalue weighted by Gasteiger charge is -2.22. The molecule has 2 rings (SSSR count). The molecule has 0 N–H and O–H groups in total. The molecule has 0 heterocycles. The SMILES string of the molecule is CCCN(Cc1ccc(C#N)cc1)C(=O)CCCc1ccc(Cl)cc1. The maximum atomic E-state index is 12.6. The van der Waals surface area contributed by atoms with Crippen LogP contribution in [-0.2, 0) is 17.8 Å². The van der Waals surface area contributed by atoms with Gasteiger partial charge in [0.2, 0.25) is 5.91 Å². The van der Waals surface area contributed by atoms with E-state index in [9.17, 15) is 4.79 Å². The number of aryl methyl sites for hydroxylation is 1. The summed E-state index contributed by atoms with van der Waals surface area (Å²) in [6.45, 7) is 3.42. The molecule has 0 aliphatic heterocycles. The van der Waals surface area contributed by atoms with Crippen LogP contribution < -0.4 is 0 Å². The monoisotopic (exact) mass is 354 g/mol.